The predicted molar refractivity (Wildman–Crippen MR) is 79.8 cm³/mol. The van der Waals surface area contributed by atoms with Crippen LogP contribution in [0.1, 0.15) is 32.4 Å². The van der Waals surface area contributed by atoms with Crippen LogP contribution in [0.2, 0.25) is 0 Å². The van der Waals surface area contributed by atoms with Crippen molar-refractivity contribution in [3.05, 3.63) is 48.6 Å². The van der Waals surface area contributed by atoms with Gasteiger partial charge in [0.05, 0.1) is 6.10 Å². The van der Waals surface area contributed by atoms with Gasteiger partial charge in [-0.15, -0.1) is 6.58 Å². The number of hydrogen-bond donors (Lipinski definition) is 0. The third kappa shape index (κ3) is 4.48. The zero-order chi connectivity index (χ0) is 14.3. The van der Waals surface area contributed by atoms with Gasteiger partial charge in [0.25, 0.3) is 0 Å². The van der Waals surface area contributed by atoms with Crippen molar-refractivity contribution in [2.45, 2.75) is 26.9 Å². The Morgan fingerprint density at radius 3 is 2.26 bits per heavy atom. The van der Waals surface area contributed by atoms with Gasteiger partial charge in [-0.05, 0) is 23.3 Å². The van der Waals surface area contributed by atoms with Gasteiger partial charge in [0.15, 0.2) is 0 Å². The molecule has 0 radical (unpaired) electrons. The van der Waals surface area contributed by atoms with Gasteiger partial charge in [-0.2, -0.15) is 0 Å². The Hall–Kier alpha value is -1.12. The summed E-state index contributed by atoms with van der Waals surface area (Å²) in [4.78, 5) is 0. The maximum atomic E-state index is 5.90. The number of methoxy groups -OCH3 is 1. The van der Waals surface area contributed by atoms with Crippen LogP contribution in [0, 0.1) is 17.8 Å². The highest BCUT2D eigenvalue weighted by atomic mass is 16.7. The first kappa shape index (κ1) is 15.9. The summed E-state index contributed by atoms with van der Waals surface area (Å²) in [5.41, 5.74) is 1.20. The second kappa shape index (κ2) is 8.13. The number of allylic oxidation sites excluding steroid dienone is 1. The van der Waals surface area contributed by atoms with Crippen LogP contribution in [0.3, 0.4) is 0 Å². The predicted octanol–water partition coefficient (Wildman–Crippen LogP) is 4.44. The zero-order valence-corrected chi connectivity index (χ0v) is 12.5. The number of hydrogen-bond acceptors (Lipinski definition) is 2. The quantitative estimate of drug-likeness (QED) is 0.509. The van der Waals surface area contributed by atoms with Crippen LogP contribution in [0.25, 0.3) is 0 Å². The van der Waals surface area contributed by atoms with Crippen LogP contribution in [-0.2, 0) is 9.47 Å². The Morgan fingerprint density at radius 1 is 1.11 bits per heavy atom. The van der Waals surface area contributed by atoms with E-state index in [0.717, 1.165) is 0 Å². The summed E-state index contributed by atoms with van der Waals surface area (Å²) in [6.07, 6.45) is 2.07. The lowest BCUT2D eigenvalue weighted by atomic mass is 9.80. The van der Waals surface area contributed by atoms with Crippen molar-refractivity contribution in [2.24, 2.45) is 17.8 Å². The molecule has 2 heteroatoms. The van der Waals surface area contributed by atoms with E-state index < -0.39 is 0 Å². The third-order valence-electron chi connectivity index (χ3n) is 4.00. The van der Waals surface area contributed by atoms with Crippen molar-refractivity contribution in [3.63, 3.8) is 0 Å². The van der Waals surface area contributed by atoms with Gasteiger partial charge < -0.3 is 9.47 Å². The van der Waals surface area contributed by atoms with Crippen LogP contribution < -0.4 is 0 Å². The summed E-state index contributed by atoms with van der Waals surface area (Å²) >= 11 is 0. The minimum Gasteiger partial charge on any atom is -0.359 e. The van der Waals surface area contributed by atoms with Gasteiger partial charge >= 0.3 is 0 Å². The molecular formula is C17H26O2. The summed E-state index contributed by atoms with van der Waals surface area (Å²) in [6, 6.07) is 10.3. The highest BCUT2D eigenvalue weighted by molar-refractivity contribution is 5.18. The smallest absolute Gasteiger partial charge is 0.147 e. The first-order valence-electron chi connectivity index (χ1n) is 6.89. The molecule has 2 nitrogen and oxygen atoms in total. The standard InChI is InChI=1S/C17H26O2/c1-6-13(2)14(3)15(4)17(19-12-18-5)16-10-8-7-9-11-16/h6-11,13-15,17H,1,12H2,2-5H3/t13-,14-,15-,17+/m0/s1. The van der Waals surface area contributed by atoms with Gasteiger partial charge in [0.2, 0.25) is 0 Å². The summed E-state index contributed by atoms with van der Waals surface area (Å²) < 4.78 is 11.0. The topological polar surface area (TPSA) is 18.5 Å². The summed E-state index contributed by atoms with van der Waals surface area (Å²) in [5.74, 6) is 1.36. The normalized spacial score (nSPS) is 17.5. The van der Waals surface area contributed by atoms with Crippen molar-refractivity contribution in [1.82, 2.24) is 0 Å². The lowest BCUT2D eigenvalue weighted by Crippen LogP contribution is -2.24. The molecule has 0 saturated carbocycles. The van der Waals surface area contributed by atoms with Crippen molar-refractivity contribution < 1.29 is 9.47 Å². The Morgan fingerprint density at radius 2 is 1.74 bits per heavy atom. The van der Waals surface area contributed by atoms with E-state index in [0.29, 0.717) is 24.5 Å². The first-order valence-corrected chi connectivity index (χ1v) is 6.89. The first-order chi connectivity index (χ1) is 9.11. The summed E-state index contributed by atoms with van der Waals surface area (Å²) in [6.45, 7) is 10.9. The van der Waals surface area contributed by atoms with E-state index >= 15 is 0 Å². The van der Waals surface area contributed by atoms with E-state index in [2.05, 4.69) is 39.5 Å². The molecule has 0 amide bonds. The molecule has 0 aliphatic rings. The Kier molecular flexibility index (Phi) is 6.82. The van der Waals surface area contributed by atoms with Crippen LogP contribution in [0.15, 0.2) is 43.0 Å². The van der Waals surface area contributed by atoms with E-state index in [-0.39, 0.29) is 6.10 Å². The molecule has 19 heavy (non-hydrogen) atoms. The van der Waals surface area contributed by atoms with E-state index in [4.69, 9.17) is 9.47 Å². The maximum absolute atomic E-state index is 5.90. The van der Waals surface area contributed by atoms with E-state index in [1.165, 1.54) is 5.56 Å². The highest BCUT2D eigenvalue weighted by Gasteiger charge is 2.27. The molecule has 1 rings (SSSR count). The maximum Gasteiger partial charge on any atom is 0.147 e. The second-order valence-electron chi connectivity index (χ2n) is 5.22. The molecule has 0 N–H and O–H groups in total. The van der Waals surface area contributed by atoms with Gasteiger partial charge in [0, 0.05) is 7.11 Å². The summed E-state index contributed by atoms with van der Waals surface area (Å²) in [7, 11) is 1.66. The van der Waals surface area contributed by atoms with Crippen LogP contribution in [0.5, 0.6) is 0 Å². The number of ether oxygens (including phenoxy) is 2. The Bertz CT molecular complexity index is 361. The van der Waals surface area contributed by atoms with Gasteiger partial charge in [-0.3, -0.25) is 0 Å². The molecule has 0 fully saturated rings. The molecule has 1 aromatic rings. The molecule has 106 valence electrons. The molecule has 0 saturated heterocycles. The number of benzene rings is 1. The Labute approximate surface area is 117 Å². The molecule has 0 aromatic heterocycles. The lowest BCUT2D eigenvalue weighted by Gasteiger charge is -2.31. The van der Waals surface area contributed by atoms with Crippen LogP contribution >= 0.6 is 0 Å². The van der Waals surface area contributed by atoms with Gasteiger partial charge in [0.1, 0.15) is 6.79 Å². The molecule has 0 aliphatic carbocycles. The second-order valence-corrected chi connectivity index (χ2v) is 5.22. The van der Waals surface area contributed by atoms with E-state index in [1.54, 1.807) is 7.11 Å². The summed E-state index contributed by atoms with van der Waals surface area (Å²) in [5, 5.41) is 0. The van der Waals surface area contributed by atoms with Crippen molar-refractivity contribution >= 4 is 0 Å². The molecule has 4 atom stereocenters. The zero-order valence-electron chi connectivity index (χ0n) is 12.5. The fraction of sp³-hybridized carbons (Fsp3) is 0.529. The lowest BCUT2D eigenvalue weighted by molar-refractivity contribution is -0.100. The average molecular weight is 262 g/mol. The molecule has 0 spiro atoms. The Balaban J connectivity index is 2.87. The molecule has 0 heterocycles. The van der Waals surface area contributed by atoms with E-state index in [1.807, 2.05) is 24.3 Å². The SMILES string of the molecule is C=C[C@H](C)[C@H](C)[C@H](C)[C@@H](OCOC)c1ccccc1. The minimum atomic E-state index is 0.0542. The van der Waals surface area contributed by atoms with Gasteiger partial charge in [-0.1, -0.05) is 57.2 Å². The van der Waals surface area contributed by atoms with Crippen molar-refractivity contribution in [1.29, 1.82) is 0 Å². The monoisotopic (exact) mass is 262 g/mol. The van der Waals surface area contributed by atoms with E-state index in [9.17, 15) is 0 Å². The fourth-order valence-corrected chi connectivity index (χ4v) is 2.30. The molecule has 0 bridgehead atoms. The minimum absolute atomic E-state index is 0.0542. The van der Waals surface area contributed by atoms with Crippen LogP contribution in [0.4, 0.5) is 0 Å². The van der Waals surface area contributed by atoms with Crippen molar-refractivity contribution in [3.8, 4) is 0 Å². The largest absolute Gasteiger partial charge is 0.359 e. The third-order valence-corrected chi connectivity index (χ3v) is 4.00. The average Bonchev–Trinajstić information content (AvgIpc) is 2.46. The molecule has 0 unspecified atom stereocenters. The number of rotatable bonds is 8. The molecular weight excluding hydrogens is 236 g/mol. The molecule has 1 aromatic carbocycles. The van der Waals surface area contributed by atoms with Crippen LogP contribution in [-0.4, -0.2) is 13.9 Å². The molecule has 0 aliphatic heterocycles. The van der Waals surface area contributed by atoms with Crippen molar-refractivity contribution in [2.75, 3.05) is 13.9 Å². The highest BCUT2D eigenvalue weighted by Crippen LogP contribution is 2.34. The fourth-order valence-electron chi connectivity index (χ4n) is 2.30. The van der Waals surface area contributed by atoms with Gasteiger partial charge in [-0.25, -0.2) is 0 Å².